The summed E-state index contributed by atoms with van der Waals surface area (Å²) in [6, 6.07) is 19.0. The van der Waals surface area contributed by atoms with Crippen LogP contribution in [-0.4, -0.2) is 46.0 Å². The Labute approximate surface area is 195 Å². The molecule has 4 aromatic rings. The molecule has 1 atom stereocenters. The molecule has 7 rings (SSSR count). The number of hydrogen-bond acceptors (Lipinski definition) is 5. The molecular formula is C26H24N4O2S. The second-order valence-corrected chi connectivity index (χ2v) is 9.88. The number of carbonyl (C=O) groups excluding carboxylic acids is 1. The molecule has 0 radical (unpaired) electrons. The molecule has 33 heavy (non-hydrogen) atoms. The van der Waals surface area contributed by atoms with Crippen LogP contribution in [0, 0.1) is 5.92 Å². The maximum atomic E-state index is 13.1. The van der Waals surface area contributed by atoms with E-state index in [0.29, 0.717) is 11.5 Å². The third-order valence-corrected chi connectivity index (χ3v) is 7.90. The summed E-state index contributed by atoms with van der Waals surface area (Å²) >= 11 is 1.60. The Balaban J connectivity index is 1.35. The average molecular weight is 457 g/mol. The van der Waals surface area contributed by atoms with E-state index in [1.807, 2.05) is 48.5 Å². The second-order valence-electron chi connectivity index (χ2n) is 8.85. The van der Waals surface area contributed by atoms with Gasteiger partial charge in [-0.3, -0.25) is 14.2 Å². The highest BCUT2D eigenvalue weighted by Gasteiger charge is 2.35. The number of nitrogens with zero attached hydrogens (tertiary/aromatic N) is 3. The lowest BCUT2D eigenvalue weighted by atomic mass is 9.84. The van der Waals surface area contributed by atoms with Gasteiger partial charge in [0.25, 0.3) is 11.5 Å². The van der Waals surface area contributed by atoms with Gasteiger partial charge in [-0.15, -0.1) is 11.3 Å². The zero-order valence-electron chi connectivity index (χ0n) is 18.1. The SMILES string of the molecule is O=C(NC1CN2CCC1CC2)c1ccc(=O)n(-c2ccccc2-c2nc3ccccc3s2)c1. The Morgan fingerprint density at radius 2 is 1.79 bits per heavy atom. The van der Waals surface area contributed by atoms with Gasteiger partial charge in [0.1, 0.15) is 5.01 Å². The van der Waals surface area contributed by atoms with E-state index >= 15 is 0 Å². The highest BCUT2D eigenvalue weighted by molar-refractivity contribution is 7.21. The quantitative estimate of drug-likeness (QED) is 0.505. The minimum absolute atomic E-state index is 0.125. The molecule has 2 aromatic carbocycles. The fourth-order valence-corrected chi connectivity index (χ4v) is 6.04. The summed E-state index contributed by atoms with van der Waals surface area (Å²) in [7, 11) is 0. The van der Waals surface area contributed by atoms with Crippen molar-refractivity contribution in [3.8, 4) is 16.3 Å². The molecule has 0 aliphatic carbocycles. The lowest BCUT2D eigenvalue weighted by Crippen LogP contribution is -2.57. The number of benzene rings is 2. The van der Waals surface area contributed by atoms with E-state index in [9.17, 15) is 9.59 Å². The normalized spacial score (nSPS) is 21.9. The first-order chi connectivity index (χ1) is 16.2. The van der Waals surface area contributed by atoms with Crippen LogP contribution in [0.3, 0.4) is 0 Å². The first kappa shape index (κ1) is 20.3. The van der Waals surface area contributed by atoms with E-state index in [0.717, 1.165) is 59.0 Å². The number of carbonyl (C=O) groups is 1. The van der Waals surface area contributed by atoms with Crippen molar-refractivity contribution < 1.29 is 4.79 Å². The van der Waals surface area contributed by atoms with Gasteiger partial charge in [-0.25, -0.2) is 4.98 Å². The third-order valence-electron chi connectivity index (χ3n) is 6.83. The Hall–Kier alpha value is -3.29. The topological polar surface area (TPSA) is 67.2 Å². The number of aromatic nitrogens is 2. The first-order valence-corrected chi connectivity index (χ1v) is 12.2. The van der Waals surface area contributed by atoms with E-state index in [2.05, 4.69) is 10.2 Å². The maximum absolute atomic E-state index is 13.1. The van der Waals surface area contributed by atoms with Gasteiger partial charge >= 0.3 is 0 Å². The molecule has 6 nitrogen and oxygen atoms in total. The predicted molar refractivity (Wildman–Crippen MR) is 131 cm³/mol. The molecule has 1 amide bonds. The number of amides is 1. The highest BCUT2D eigenvalue weighted by atomic mass is 32.1. The summed E-state index contributed by atoms with van der Waals surface area (Å²) in [6.45, 7) is 3.17. The zero-order valence-corrected chi connectivity index (χ0v) is 18.9. The van der Waals surface area contributed by atoms with Crippen LogP contribution < -0.4 is 10.9 Å². The fraction of sp³-hybridized carbons (Fsp3) is 0.269. The molecule has 3 fully saturated rings. The second kappa shape index (κ2) is 8.24. The minimum atomic E-state index is -0.178. The third kappa shape index (κ3) is 3.77. The Kier molecular flexibility index (Phi) is 5.08. The van der Waals surface area contributed by atoms with Gasteiger partial charge in [-0.2, -0.15) is 0 Å². The van der Waals surface area contributed by atoms with Crippen molar-refractivity contribution in [2.45, 2.75) is 18.9 Å². The van der Waals surface area contributed by atoms with Crippen molar-refractivity contribution in [1.82, 2.24) is 19.8 Å². The molecule has 0 saturated carbocycles. The molecule has 5 heterocycles. The van der Waals surface area contributed by atoms with Crippen molar-refractivity contribution >= 4 is 27.5 Å². The summed E-state index contributed by atoms with van der Waals surface area (Å²) in [5, 5.41) is 4.07. The molecule has 3 aliphatic heterocycles. The largest absolute Gasteiger partial charge is 0.348 e. The number of nitrogens with one attached hydrogen (secondary N) is 1. The number of para-hydroxylation sites is 2. The number of piperidine rings is 3. The van der Waals surface area contributed by atoms with Crippen LogP contribution in [0.15, 0.2) is 71.7 Å². The van der Waals surface area contributed by atoms with Gasteiger partial charge in [0.15, 0.2) is 0 Å². The van der Waals surface area contributed by atoms with Crippen LogP contribution in [0.5, 0.6) is 0 Å². The average Bonchev–Trinajstić information content (AvgIpc) is 3.29. The Morgan fingerprint density at radius 3 is 2.58 bits per heavy atom. The smallest absolute Gasteiger partial charge is 0.255 e. The molecule has 1 unspecified atom stereocenters. The molecular weight excluding hydrogens is 432 g/mol. The lowest BCUT2D eigenvalue weighted by Gasteiger charge is -2.44. The van der Waals surface area contributed by atoms with Crippen LogP contribution in [0.25, 0.3) is 26.5 Å². The Morgan fingerprint density at radius 1 is 1.00 bits per heavy atom. The van der Waals surface area contributed by atoms with Crippen molar-refractivity contribution in [2.24, 2.45) is 5.92 Å². The number of hydrogen-bond donors (Lipinski definition) is 1. The van der Waals surface area contributed by atoms with E-state index in [1.165, 1.54) is 6.07 Å². The number of rotatable bonds is 4. The maximum Gasteiger partial charge on any atom is 0.255 e. The van der Waals surface area contributed by atoms with Crippen molar-refractivity contribution in [3.05, 3.63) is 82.8 Å². The van der Waals surface area contributed by atoms with E-state index in [1.54, 1.807) is 28.2 Å². The van der Waals surface area contributed by atoms with E-state index in [4.69, 9.17) is 4.98 Å². The zero-order chi connectivity index (χ0) is 22.4. The van der Waals surface area contributed by atoms with Gasteiger partial charge in [-0.05, 0) is 62.2 Å². The molecule has 7 heteroatoms. The van der Waals surface area contributed by atoms with Crippen LogP contribution in [0.2, 0.25) is 0 Å². The molecule has 166 valence electrons. The van der Waals surface area contributed by atoms with Crippen LogP contribution in [-0.2, 0) is 0 Å². The highest BCUT2D eigenvalue weighted by Crippen LogP contribution is 2.33. The van der Waals surface area contributed by atoms with Crippen molar-refractivity contribution in [1.29, 1.82) is 0 Å². The van der Waals surface area contributed by atoms with Crippen LogP contribution >= 0.6 is 11.3 Å². The van der Waals surface area contributed by atoms with Crippen LogP contribution in [0.4, 0.5) is 0 Å². The van der Waals surface area contributed by atoms with Crippen molar-refractivity contribution in [3.63, 3.8) is 0 Å². The molecule has 3 saturated heterocycles. The summed E-state index contributed by atoms with van der Waals surface area (Å²) < 4.78 is 2.66. The first-order valence-electron chi connectivity index (χ1n) is 11.4. The fourth-order valence-electron chi connectivity index (χ4n) is 5.04. The molecule has 2 bridgehead atoms. The van der Waals surface area contributed by atoms with Gasteiger partial charge < -0.3 is 10.2 Å². The molecule has 0 spiro atoms. The van der Waals surface area contributed by atoms with E-state index < -0.39 is 0 Å². The minimum Gasteiger partial charge on any atom is -0.348 e. The predicted octanol–water partition coefficient (Wildman–Crippen LogP) is 3.94. The number of pyridine rings is 1. The molecule has 1 N–H and O–H groups in total. The standard InChI is InChI=1S/C26H24N4O2S/c31-24-10-9-18(25(32)27-21-16-29-13-11-17(21)12-14-29)15-30(24)22-7-3-1-5-19(22)26-28-20-6-2-4-8-23(20)33-26/h1-10,15,17,21H,11-14,16H2,(H,27,32). The van der Waals surface area contributed by atoms with E-state index in [-0.39, 0.29) is 17.5 Å². The molecule has 3 aliphatic rings. The van der Waals surface area contributed by atoms with Gasteiger partial charge in [0, 0.05) is 30.4 Å². The van der Waals surface area contributed by atoms with Gasteiger partial charge in [0.05, 0.1) is 21.5 Å². The van der Waals surface area contributed by atoms with Crippen LogP contribution in [0.1, 0.15) is 23.2 Å². The lowest BCUT2D eigenvalue weighted by molar-refractivity contribution is 0.0620. The van der Waals surface area contributed by atoms with Gasteiger partial charge in [-0.1, -0.05) is 24.3 Å². The summed E-state index contributed by atoms with van der Waals surface area (Å²) in [5.74, 6) is 0.421. The summed E-state index contributed by atoms with van der Waals surface area (Å²) in [5.41, 5.74) is 2.84. The van der Waals surface area contributed by atoms with Gasteiger partial charge in [0.2, 0.25) is 0 Å². The Bertz CT molecular complexity index is 1370. The number of thiazole rings is 1. The monoisotopic (exact) mass is 456 g/mol. The summed E-state index contributed by atoms with van der Waals surface area (Å²) in [4.78, 5) is 33.1. The van der Waals surface area contributed by atoms with Crippen molar-refractivity contribution in [2.75, 3.05) is 19.6 Å². The summed E-state index contributed by atoms with van der Waals surface area (Å²) in [6.07, 6.45) is 3.94. The number of fused-ring (bicyclic) bond motifs is 4. The molecule has 2 aromatic heterocycles.